The minimum atomic E-state index is -0.234. The number of ether oxygens (including phenoxy) is 1. The zero-order chi connectivity index (χ0) is 14.0. The van der Waals surface area contributed by atoms with Crippen molar-refractivity contribution >= 4 is 6.09 Å². The second-order valence-corrected chi connectivity index (χ2v) is 5.73. The third-order valence-electron chi connectivity index (χ3n) is 4.34. The summed E-state index contributed by atoms with van der Waals surface area (Å²) in [5, 5.41) is 9.04. The largest absolute Gasteiger partial charge is 0.445 e. The maximum atomic E-state index is 12.2. The highest BCUT2D eigenvalue weighted by molar-refractivity contribution is 5.69. The monoisotopic (exact) mass is 270 g/mol. The number of amides is 1. The van der Waals surface area contributed by atoms with E-state index in [1.807, 2.05) is 35.2 Å². The highest BCUT2D eigenvalue weighted by Gasteiger charge is 2.54. The van der Waals surface area contributed by atoms with E-state index in [0.717, 1.165) is 31.2 Å². The van der Waals surface area contributed by atoms with Crippen molar-refractivity contribution in [1.29, 1.82) is 5.26 Å². The van der Waals surface area contributed by atoms with Crippen LogP contribution in [0.4, 0.5) is 4.79 Å². The second kappa shape index (κ2) is 5.16. The van der Waals surface area contributed by atoms with Gasteiger partial charge in [0.1, 0.15) is 6.61 Å². The fourth-order valence-electron chi connectivity index (χ4n) is 3.00. The van der Waals surface area contributed by atoms with Crippen molar-refractivity contribution in [3.05, 3.63) is 35.9 Å². The number of likely N-dealkylation sites (tertiary alicyclic amines) is 1. The Hall–Kier alpha value is -2.02. The molecular formula is C16H18N2O2. The third kappa shape index (κ3) is 2.49. The second-order valence-electron chi connectivity index (χ2n) is 5.73. The molecule has 1 heterocycles. The predicted molar refractivity (Wildman–Crippen MR) is 73.6 cm³/mol. The summed E-state index contributed by atoms with van der Waals surface area (Å²) < 4.78 is 5.42. The Bertz CT molecular complexity index is 531. The van der Waals surface area contributed by atoms with Crippen LogP contribution in [-0.2, 0) is 11.3 Å². The van der Waals surface area contributed by atoms with Gasteiger partial charge in [-0.1, -0.05) is 30.3 Å². The van der Waals surface area contributed by atoms with Gasteiger partial charge in [0.2, 0.25) is 0 Å². The molecule has 104 valence electrons. The van der Waals surface area contributed by atoms with Crippen LogP contribution in [0.15, 0.2) is 30.3 Å². The minimum absolute atomic E-state index is 0.0770. The summed E-state index contributed by atoms with van der Waals surface area (Å²) in [5.74, 6) is 0.0932. The SMILES string of the molecule is N#CC1CCN(C(=O)OCc2ccccc2)C2(CC2)C1. The first-order valence-electron chi connectivity index (χ1n) is 7.11. The van der Waals surface area contributed by atoms with Crippen LogP contribution in [0, 0.1) is 17.2 Å². The zero-order valence-corrected chi connectivity index (χ0v) is 11.4. The van der Waals surface area contributed by atoms with Crippen molar-refractivity contribution in [1.82, 2.24) is 4.90 Å². The molecule has 1 unspecified atom stereocenters. The van der Waals surface area contributed by atoms with E-state index < -0.39 is 0 Å². The van der Waals surface area contributed by atoms with Gasteiger partial charge in [0.15, 0.2) is 0 Å². The van der Waals surface area contributed by atoms with Gasteiger partial charge in [-0.05, 0) is 31.2 Å². The molecule has 1 aromatic rings. The Morgan fingerprint density at radius 3 is 2.80 bits per heavy atom. The lowest BCUT2D eigenvalue weighted by Crippen LogP contribution is -2.48. The minimum Gasteiger partial charge on any atom is -0.445 e. The van der Waals surface area contributed by atoms with Gasteiger partial charge in [-0.25, -0.2) is 4.79 Å². The standard InChI is InChI=1S/C16H18N2O2/c17-11-14-6-9-18(16(10-14)7-8-16)15(19)20-12-13-4-2-1-3-5-13/h1-5,14H,6-10,12H2. The number of hydrogen-bond donors (Lipinski definition) is 0. The van der Waals surface area contributed by atoms with Crippen LogP contribution in [0.2, 0.25) is 0 Å². The van der Waals surface area contributed by atoms with E-state index in [-0.39, 0.29) is 17.6 Å². The first-order valence-corrected chi connectivity index (χ1v) is 7.11. The summed E-state index contributed by atoms with van der Waals surface area (Å²) in [4.78, 5) is 14.1. The van der Waals surface area contributed by atoms with Crippen molar-refractivity contribution < 1.29 is 9.53 Å². The number of piperidine rings is 1. The summed E-state index contributed by atoms with van der Waals surface area (Å²) >= 11 is 0. The maximum Gasteiger partial charge on any atom is 0.410 e. The molecule has 2 fully saturated rings. The molecule has 0 aromatic heterocycles. The fourth-order valence-corrected chi connectivity index (χ4v) is 3.00. The summed E-state index contributed by atoms with van der Waals surface area (Å²) in [6.07, 6.45) is 3.35. The van der Waals surface area contributed by atoms with E-state index in [0.29, 0.717) is 13.2 Å². The Balaban J connectivity index is 1.59. The Kier molecular flexibility index (Phi) is 3.35. The highest BCUT2D eigenvalue weighted by atomic mass is 16.6. The van der Waals surface area contributed by atoms with E-state index in [2.05, 4.69) is 6.07 Å². The fraction of sp³-hybridized carbons (Fsp3) is 0.500. The van der Waals surface area contributed by atoms with E-state index in [4.69, 9.17) is 10.00 Å². The van der Waals surface area contributed by atoms with Crippen LogP contribution >= 0.6 is 0 Å². The summed E-state index contributed by atoms with van der Waals surface area (Å²) in [6, 6.07) is 12.0. The molecule has 0 radical (unpaired) electrons. The van der Waals surface area contributed by atoms with Crippen LogP contribution < -0.4 is 0 Å². The number of rotatable bonds is 2. The van der Waals surface area contributed by atoms with Gasteiger partial charge in [0.05, 0.1) is 12.0 Å². The topological polar surface area (TPSA) is 53.3 Å². The van der Waals surface area contributed by atoms with Crippen LogP contribution in [0.1, 0.15) is 31.2 Å². The molecule has 1 spiro atoms. The lowest BCUT2D eigenvalue weighted by atomic mass is 9.90. The molecule has 1 aliphatic carbocycles. The molecule has 1 amide bonds. The predicted octanol–water partition coefficient (Wildman–Crippen LogP) is 3.09. The van der Waals surface area contributed by atoms with Crippen molar-refractivity contribution in [3.8, 4) is 6.07 Å². The van der Waals surface area contributed by atoms with E-state index in [1.165, 1.54) is 0 Å². The lowest BCUT2D eigenvalue weighted by molar-refractivity contribution is 0.0547. The molecule has 3 rings (SSSR count). The molecular weight excluding hydrogens is 252 g/mol. The number of carbonyl (C=O) groups excluding carboxylic acids is 1. The van der Waals surface area contributed by atoms with Gasteiger partial charge in [-0.2, -0.15) is 5.26 Å². The first-order chi connectivity index (χ1) is 9.73. The van der Waals surface area contributed by atoms with Gasteiger partial charge in [-0.3, -0.25) is 0 Å². The number of benzene rings is 1. The van der Waals surface area contributed by atoms with Gasteiger partial charge in [0, 0.05) is 12.1 Å². The number of carbonyl (C=O) groups is 1. The molecule has 2 aliphatic rings. The maximum absolute atomic E-state index is 12.2. The lowest BCUT2D eigenvalue weighted by Gasteiger charge is -2.37. The average Bonchev–Trinajstić information content (AvgIpc) is 3.25. The Morgan fingerprint density at radius 2 is 2.15 bits per heavy atom. The molecule has 4 nitrogen and oxygen atoms in total. The van der Waals surface area contributed by atoms with E-state index >= 15 is 0 Å². The van der Waals surface area contributed by atoms with Gasteiger partial charge >= 0.3 is 6.09 Å². The number of hydrogen-bond acceptors (Lipinski definition) is 3. The summed E-state index contributed by atoms with van der Waals surface area (Å²) in [7, 11) is 0. The molecule has 1 saturated heterocycles. The molecule has 0 N–H and O–H groups in total. The molecule has 1 atom stereocenters. The zero-order valence-electron chi connectivity index (χ0n) is 11.4. The van der Waals surface area contributed by atoms with Crippen LogP contribution in [0.3, 0.4) is 0 Å². The van der Waals surface area contributed by atoms with Crippen LogP contribution in [-0.4, -0.2) is 23.1 Å². The molecule has 0 bridgehead atoms. The first kappa shape index (κ1) is 13.0. The van der Waals surface area contributed by atoms with Gasteiger partial charge < -0.3 is 9.64 Å². The smallest absolute Gasteiger partial charge is 0.410 e. The van der Waals surface area contributed by atoms with Gasteiger partial charge in [-0.15, -0.1) is 0 Å². The Morgan fingerprint density at radius 1 is 1.40 bits per heavy atom. The quantitative estimate of drug-likeness (QED) is 0.829. The van der Waals surface area contributed by atoms with Crippen molar-refractivity contribution in [2.75, 3.05) is 6.54 Å². The van der Waals surface area contributed by atoms with Crippen LogP contribution in [0.25, 0.3) is 0 Å². The van der Waals surface area contributed by atoms with E-state index in [9.17, 15) is 4.79 Å². The Labute approximate surface area is 118 Å². The van der Waals surface area contributed by atoms with Crippen molar-refractivity contribution in [2.45, 2.75) is 37.8 Å². The molecule has 1 aliphatic heterocycles. The molecule has 20 heavy (non-hydrogen) atoms. The highest BCUT2D eigenvalue weighted by Crippen LogP contribution is 2.50. The number of nitrogens with zero attached hydrogens (tertiary/aromatic N) is 2. The molecule has 1 aromatic carbocycles. The average molecular weight is 270 g/mol. The summed E-state index contributed by atoms with van der Waals surface area (Å²) in [5.41, 5.74) is 0.921. The van der Waals surface area contributed by atoms with E-state index in [1.54, 1.807) is 0 Å². The van der Waals surface area contributed by atoms with Gasteiger partial charge in [0.25, 0.3) is 0 Å². The van der Waals surface area contributed by atoms with Crippen LogP contribution in [0.5, 0.6) is 0 Å². The summed E-state index contributed by atoms with van der Waals surface area (Å²) in [6.45, 7) is 0.958. The third-order valence-corrected chi connectivity index (χ3v) is 4.34. The molecule has 1 saturated carbocycles. The van der Waals surface area contributed by atoms with Crippen molar-refractivity contribution in [2.24, 2.45) is 5.92 Å². The molecule has 4 heteroatoms. The normalized spacial score (nSPS) is 23.1. The number of nitriles is 1. The van der Waals surface area contributed by atoms with Crippen molar-refractivity contribution in [3.63, 3.8) is 0 Å².